The molecule has 0 atom stereocenters. The predicted octanol–water partition coefficient (Wildman–Crippen LogP) is 32.5. The summed E-state index contributed by atoms with van der Waals surface area (Å²) in [6.07, 6.45) is 0. The fraction of sp³-hybridized carbons (Fsp3) is 0.0256. The zero-order chi connectivity index (χ0) is 85.6. The summed E-state index contributed by atoms with van der Waals surface area (Å²) in [5, 5.41) is 11.3. The molecule has 11 heterocycles. The third kappa shape index (κ3) is 11.6. The fourth-order valence-corrected chi connectivity index (χ4v) is 20.6. The molecule has 620 valence electrons. The van der Waals surface area contributed by atoms with Crippen molar-refractivity contribution in [2.45, 2.75) is 19.3 Å². The van der Waals surface area contributed by atoms with Crippen molar-refractivity contribution in [3.8, 4) is 108 Å². The molecule has 0 N–H and O–H groups in total. The molecule has 31 rings (SSSR count). The first-order valence-corrected chi connectivity index (χ1v) is 43.6. The molecular formula is C117H70N5O8W-3. The first-order chi connectivity index (χ1) is 64.2. The molecule has 0 unspecified atom stereocenters. The third-order valence-electron chi connectivity index (χ3n) is 26.2. The number of ether oxygens (including phenoxy) is 6. The van der Waals surface area contributed by atoms with E-state index in [4.69, 9.17) is 37.3 Å². The normalized spacial score (nSPS) is 12.9. The largest absolute Gasteiger partial charge is 0.512 e. The van der Waals surface area contributed by atoms with Crippen LogP contribution in [-0.2, 0) is 26.5 Å². The number of benzene rings is 19. The summed E-state index contributed by atoms with van der Waals surface area (Å²) in [5.74, 6) is 9.97. The van der Waals surface area contributed by atoms with Crippen LogP contribution in [0.3, 0.4) is 0 Å². The summed E-state index contributed by atoms with van der Waals surface area (Å²) in [6.45, 7) is 4.67. The predicted molar refractivity (Wildman–Crippen MR) is 519 cm³/mol. The number of furan rings is 2. The molecule has 0 saturated heterocycles. The molecule has 0 fully saturated rings. The van der Waals surface area contributed by atoms with Gasteiger partial charge in [0.2, 0.25) is 0 Å². The first kappa shape index (κ1) is 75.6. The number of rotatable bonds is 7. The van der Waals surface area contributed by atoms with Gasteiger partial charge >= 0.3 is 0 Å². The SMILES string of the molecule is CC1(C)c2ccccc2-c2cc(N(c3ccc(-c4ccccc4)cc3)c3ccc4c5c3c3cccc6c3n5-c3c(cccc3O4)O6)ccc21.[W].[c-]1cc2c3c(c1)c1cccc4c1n3-c1c(cccc1O4)O2.[c-]1cccc2oc3ccccc3c12.[c-]1ccccc1.c1ccc(N(c2ccc3c(c2)oc2ccccc23)c2cc3c4c(c2)c2cccc5c2n4-c2c(cccc2O3)O5)cc1. The van der Waals surface area contributed by atoms with E-state index < -0.39 is 0 Å². The number of para-hydroxylation sites is 9. The second-order valence-corrected chi connectivity index (χ2v) is 33.8. The Labute approximate surface area is 765 Å². The molecule has 0 radical (unpaired) electrons. The van der Waals surface area contributed by atoms with Crippen LogP contribution in [0.2, 0.25) is 0 Å². The molecule has 13 nitrogen and oxygen atoms in total. The number of nitrogens with zero attached hydrogens (tertiary/aromatic N) is 5. The van der Waals surface area contributed by atoms with Crippen LogP contribution in [-0.4, -0.2) is 13.7 Å². The Morgan fingerprint density at radius 3 is 1.39 bits per heavy atom. The van der Waals surface area contributed by atoms with Crippen LogP contribution in [0.5, 0.6) is 69.0 Å². The second kappa shape index (κ2) is 29.4. The second-order valence-electron chi connectivity index (χ2n) is 33.8. The van der Waals surface area contributed by atoms with Crippen molar-refractivity contribution in [1.29, 1.82) is 0 Å². The zero-order valence-corrected chi connectivity index (χ0v) is 73.3. The van der Waals surface area contributed by atoms with E-state index in [-0.39, 0.29) is 26.5 Å². The first-order valence-electron chi connectivity index (χ1n) is 43.6. The monoisotopic (exact) mass is 1860 g/mol. The van der Waals surface area contributed by atoms with Crippen LogP contribution in [0.25, 0.3) is 149 Å². The average Bonchev–Trinajstić information content (AvgIpc) is 1.54. The smallest absolute Gasteiger partial charge is 0.155 e. The molecule has 0 spiro atoms. The molecule has 6 aliphatic heterocycles. The Morgan fingerprint density at radius 1 is 0.260 bits per heavy atom. The summed E-state index contributed by atoms with van der Waals surface area (Å²) in [6, 6.07) is 143. The van der Waals surface area contributed by atoms with Gasteiger partial charge in [0, 0.05) is 105 Å². The standard InChI is InChI=1S/C45H30N2O2.C36H20N2O3.C18H8NO2.C12H7O.C6H5.W/c1-45(2)34-14-7-6-12-31(34)33-26-30(22-23-35(33)45)46(29-20-18-28(19-21-29)27-10-4-3-5-11-27)36-24-25-40-44-41(36)32-13-8-15-37-42(32)47(44)43-38(48-37)16-9-17-39(43)49-40;1-2-8-21(9-3-1)37(22-16-17-25-24-10-4-5-12-28(24)39-32(25)19-22)23-18-27-26-11-6-13-29-34(26)38-35(27)33(20-23)41-31-15-7-14-30(40-29)36(31)38;1-4-10-11-5-2-7-13-17(11)19-16(10)12(6-1)20-14-8-3-9-15(21-13)18(14)19;1-3-7-11-9(5-1)10-6-2-4-8-12(10)13-11;1-2-4-6-5-3-1;/h3-26H,1-2H3;1-20H;1,3-9H;1-5,7-8H;1-5H;/q;;3*-1;. The van der Waals surface area contributed by atoms with Crippen molar-refractivity contribution in [3.05, 3.63) is 418 Å². The van der Waals surface area contributed by atoms with Crippen LogP contribution in [0.1, 0.15) is 25.0 Å². The number of hydrogen-bond donors (Lipinski definition) is 0. The molecule has 24 aromatic rings. The van der Waals surface area contributed by atoms with Crippen molar-refractivity contribution in [2.24, 2.45) is 0 Å². The molecule has 7 aliphatic rings. The Bertz CT molecular complexity index is 8700. The van der Waals surface area contributed by atoms with Crippen LogP contribution < -0.4 is 38.2 Å². The van der Waals surface area contributed by atoms with Crippen LogP contribution in [0, 0.1) is 18.2 Å². The van der Waals surface area contributed by atoms with Crippen molar-refractivity contribution in [2.75, 3.05) is 9.80 Å². The maximum Gasteiger partial charge on any atom is 0.155 e. The molecular weight excluding hydrogens is 1790 g/mol. The number of aromatic nitrogens is 3. The van der Waals surface area contributed by atoms with Gasteiger partial charge in [-0.05, 0) is 178 Å². The summed E-state index contributed by atoms with van der Waals surface area (Å²) in [7, 11) is 0. The van der Waals surface area contributed by atoms with E-state index in [9.17, 15) is 0 Å². The van der Waals surface area contributed by atoms with Gasteiger partial charge in [0.15, 0.2) is 57.5 Å². The number of anilines is 6. The van der Waals surface area contributed by atoms with Crippen molar-refractivity contribution in [1.82, 2.24) is 13.7 Å². The molecule has 14 heteroatoms. The molecule has 5 aromatic heterocycles. The zero-order valence-electron chi connectivity index (χ0n) is 70.4. The Hall–Kier alpha value is -16.7. The van der Waals surface area contributed by atoms with Gasteiger partial charge in [-0.2, -0.15) is 48.5 Å². The van der Waals surface area contributed by atoms with Gasteiger partial charge in [-0.15, -0.1) is 30.3 Å². The number of fused-ring (bicyclic) bond motifs is 12. The van der Waals surface area contributed by atoms with Gasteiger partial charge in [-0.25, -0.2) is 0 Å². The maximum atomic E-state index is 6.62. The van der Waals surface area contributed by atoms with E-state index in [2.05, 4.69) is 268 Å². The van der Waals surface area contributed by atoms with E-state index in [1.807, 2.05) is 176 Å². The van der Waals surface area contributed by atoms with Gasteiger partial charge in [0.05, 0.1) is 44.5 Å². The van der Waals surface area contributed by atoms with Gasteiger partial charge in [0.25, 0.3) is 0 Å². The maximum absolute atomic E-state index is 6.62. The summed E-state index contributed by atoms with van der Waals surface area (Å²) >= 11 is 0. The van der Waals surface area contributed by atoms with Gasteiger partial charge in [-0.3, -0.25) is 9.13 Å². The van der Waals surface area contributed by atoms with Gasteiger partial charge in [0.1, 0.15) is 34.0 Å². The van der Waals surface area contributed by atoms with Crippen LogP contribution in [0.4, 0.5) is 34.1 Å². The van der Waals surface area contributed by atoms with E-state index in [0.29, 0.717) is 0 Å². The average molecular weight is 1860 g/mol. The minimum Gasteiger partial charge on any atom is -0.512 e. The van der Waals surface area contributed by atoms with Crippen molar-refractivity contribution in [3.63, 3.8) is 0 Å². The summed E-state index contributed by atoms with van der Waals surface area (Å²) in [5.41, 5.74) is 26.9. The molecule has 131 heavy (non-hydrogen) atoms. The third-order valence-corrected chi connectivity index (χ3v) is 26.2. The molecule has 0 amide bonds. The minimum absolute atomic E-state index is 0. The fourth-order valence-electron chi connectivity index (χ4n) is 20.6. The van der Waals surface area contributed by atoms with E-state index in [1.54, 1.807) is 0 Å². The van der Waals surface area contributed by atoms with Crippen molar-refractivity contribution >= 4 is 143 Å². The molecule has 0 saturated carbocycles. The Balaban J connectivity index is 0.0000000974. The molecule has 1 aliphatic carbocycles. The van der Waals surface area contributed by atoms with E-state index >= 15 is 0 Å². The Morgan fingerprint density at radius 2 is 0.725 bits per heavy atom. The van der Waals surface area contributed by atoms with Crippen molar-refractivity contribution < 1.29 is 58.3 Å². The topological polar surface area (TPSA) is 103 Å². The Kier molecular flexibility index (Phi) is 17.0. The van der Waals surface area contributed by atoms with Crippen LogP contribution in [0.15, 0.2) is 397 Å². The van der Waals surface area contributed by atoms with Gasteiger partial charge < -0.3 is 51.6 Å². The molecule has 19 aromatic carbocycles. The van der Waals surface area contributed by atoms with Gasteiger partial charge in [-0.1, -0.05) is 212 Å². The summed E-state index contributed by atoms with van der Waals surface area (Å²) in [4.78, 5) is 4.68. The molecule has 0 bridgehead atoms. The summed E-state index contributed by atoms with van der Waals surface area (Å²) < 4.78 is 57.0. The van der Waals surface area contributed by atoms with E-state index in [0.717, 1.165) is 224 Å². The quantitative estimate of drug-likeness (QED) is 0.143. The van der Waals surface area contributed by atoms with Crippen LogP contribution >= 0.6 is 0 Å². The minimum atomic E-state index is -0.0694. The van der Waals surface area contributed by atoms with E-state index in [1.165, 1.54) is 38.8 Å². The number of hydrogen-bond acceptors (Lipinski definition) is 10.